The minimum Gasteiger partial charge on any atom is -0.456 e. The molecule has 2 fully saturated rings. The Kier molecular flexibility index (Phi) is 14.5. The van der Waals surface area contributed by atoms with Crippen molar-refractivity contribution < 1.29 is 90.5 Å². The van der Waals surface area contributed by atoms with E-state index in [4.69, 9.17) is 52.1 Å². The number of carbonyl (C=O) groups excluding carboxylic acids is 8. The van der Waals surface area contributed by atoms with Crippen LogP contribution in [0.25, 0.3) is 0 Å². The summed E-state index contributed by atoms with van der Waals surface area (Å²) in [6, 6.07) is 0. The van der Waals surface area contributed by atoms with Crippen molar-refractivity contribution >= 4 is 47.8 Å². The number of ether oxygens (including phenoxy) is 11. The lowest BCUT2D eigenvalue weighted by Gasteiger charge is -2.45. The van der Waals surface area contributed by atoms with Crippen LogP contribution >= 0.6 is 0 Å². The SMILES string of the molecule is CC(=O)O[C@H]1O[C@H](COC[C@H]2O[C@H](OC(C)=O)[C@@H](OC(C)=O)[C@@H](OC(C)=O)[C@@H]2OC(C)=O)[C@@H](OC(C)=O)[C@H](OC(C)=O)[C@@H]1OC(C)=O. The summed E-state index contributed by atoms with van der Waals surface area (Å²) in [7, 11) is 0. The zero-order valence-electron chi connectivity index (χ0n) is 26.9. The fourth-order valence-electron chi connectivity index (χ4n) is 4.80. The van der Waals surface area contributed by atoms with Crippen LogP contribution < -0.4 is 0 Å². The first-order chi connectivity index (χ1) is 21.9. The number of esters is 8. The van der Waals surface area contributed by atoms with Crippen LogP contribution in [0.1, 0.15) is 55.4 Å². The Bertz CT molecular complexity index is 1110. The highest BCUT2D eigenvalue weighted by Crippen LogP contribution is 2.32. The van der Waals surface area contributed by atoms with Gasteiger partial charge in [0.2, 0.25) is 24.8 Å². The molecule has 0 N–H and O–H groups in total. The van der Waals surface area contributed by atoms with Crippen LogP contribution in [0.4, 0.5) is 0 Å². The lowest BCUT2D eigenvalue weighted by molar-refractivity contribution is -0.310. The second-order valence-electron chi connectivity index (χ2n) is 10.3. The first-order valence-electron chi connectivity index (χ1n) is 14.2. The predicted molar refractivity (Wildman–Crippen MR) is 145 cm³/mol. The van der Waals surface area contributed by atoms with E-state index in [9.17, 15) is 38.4 Å². The zero-order chi connectivity index (χ0) is 35.6. The number of hydrogen-bond acceptors (Lipinski definition) is 19. The summed E-state index contributed by atoms with van der Waals surface area (Å²) >= 11 is 0. The Morgan fingerprint density at radius 2 is 0.596 bits per heavy atom. The molecule has 2 heterocycles. The lowest BCUT2D eigenvalue weighted by Crippen LogP contribution is -2.64. The smallest absolute Gasteiger partial charge is 0.305 e. The number of rotatable bonds is 12. The molecule has 0 amide bonds. The van der Waals surface area contributed by atoms with Crippen LogP contribution in [-0.2, 0) is 90.5 Å². The molecule has 19 heteroatoms. The largest absolute Gasteiger partial charge is 0.456 e. The van der Waals surface area contributed by atoms with E-state index in [0.717, 1.165) is 55.4 Å². The molecule has 0 saturated carbocycles. The average molecular weight is 679 g/mol. The van der Waals surface area contributed by atoms with Crippen LogP contribution in [0, 0.1) is 0 Å². The Morgan fingerprint density at radius 1 is 0.362 bits per heavy atom. The van der Waals surface area contributed by atoms with Gasteiger partial charge in [-0.3, -0.25) is 38.4 Å². The van der Waals surface area contributed by atoms with Crippen molar-refractivity contribution in [2.75, 3.05) is 13.2 Å². The monoisotopic (exact) mass is 678 g/mol. The fourth-order valence-corrected chi connectivity index (χ4v) is 4.80. The molecule has 0 aromatic heterocycles. The van der Waals surface area contributed by atoms with Gasteiger partial charge < -0.3 is 52.1 Å². The van der Waals surface area contributed by atoms with Gasteiger partial charge in [0.25, 0.3) is 0 Å². The third kappa shape index (κ3) is 12.1. The van der Waals surface area contributed by atoms with Crippen LogP contribution in [0.15, 0.2) is 0 Å². The van der Waals surface area contributed by atoms with Crippen molar-refractivity contribution in [3.05, 3.63) is 0 Å². The van der Waals surface area contributed by atoms with Crippen molar-refractivity contribution in [2.24, 2.45) is 0 Å². The van der Waals surface area contributed by atoms with Crippen molar-refractivity contribution in [1.82, 2.24) is 0 Å². The van der Waals surface area contributed by atoms with Crippen LogP contribution in [-0.4, -0.2) is 122 Å². The Labute approximate surface area is 268 Å². The number of hydrogen-bond donors (Lipinski definition) is 0. The Balaban J connectivity index is 2.45. The van der Waals surface area contributed by atoms with Gasteiger partial charge in [0, 0.05) is 55.4 Å². The van der Waals surface area contributed by atoms with Crippen molar-refractivity contribution in [3.8, 4) is 0 Å². The summed E-state index contributed by atoms with van der Waals surface area (Å²) in [5, 5.41) is 0. The van der Waals surface area contributed by atoms with E-state index in [-0.39, 0.29) is 0 Å². The van der Waals surface area contributed by atoms with Gasteiger partial charge in [-0.2, -0.15) is 0 Å². The molecule has 0 aliphatic carbocycles. The van der Waals surface area contributed by atoms with Crippen LogP contribution in [0.5, 0.6) is 0 Å². The standard InChI is InChI=1S/C28H38O19/c1-11(29)38-21-19(46-27(44-17(7)35)25(42-15(5)33)23(21)40-13(3)31)9-37-10-20-22(39-12(2)30)24(41-14(4)32)26(43-16(6)34)28(47-20)45-18(8)36/h19-28H,9-10H2,1-8H3/t19-,20-,21-,22-,23+,24+,25+,26+,27+,28+/m1/s1. The second kappa shape index (κ2) is 17.5. The van der Waals surface area contributed by atoms with Crippen LogP contribution in [0.2, 0.25) is 0 Å². The van der Waals surface area contributed by atoms with Gasteiger partial charge in [0.1, 0.15) is 12.2 Å². The highest BCUT2D eigenvalue weighted by Gasteiger charge is 2.55. The molecule has 0 spiro atoms. The summed E-state index contributed by atoms with van der Waals surface area (Å²) < 4.78 is 59.4. The molecule has 2 aliphatic rings. The Hall–Kier alpha value is -4.36. The van der Waals surface area contributed by atoms with E-state index in [1.54, 1.807) is 0 Å². The molecule has 2 rings (SSSR count). The van der Waals surface area contributed by atoms with Gasteiger partial charge in [-0.1, -0.05) is 0 Å². The summed E-state index contributed by atoms with van der Waals surface area (Å²) in [6.07, 6.45) is -15.2. The van der Waals surface area contributed by atoms with Gasteiger partial charge >= 0.3 is 47.8 Å². The summed E-state index contributed by atoms with van der Waals surface area (Å²) in [4.78, 5) is 95.6. The van der Waals surface area contributed by atoms with E-state index in [1.165, 1.54) is 0 Å². The molecule has 2 aliphatic heterocycles. The Morgan fingerprint density at radius 3 is 0.851 bits per heavy atom. The minimum atomic E-state index is -1.66. The van der Waals surface area contributed by atoms with Crippen molar-refractivity contribution in [2.45, 2.75) is 117 Å². The molecule has 47 heavy (non-hydrogen) atoms. The van der Waals surface area contributed by atoms with Gasteiger partial charge in [0.05, 0.1) is 13.2 Å². The predicted octanol–water partition coefficient (Wildman–Crippen LogP) is -0.831. The molecular weight excluding hydrogens is 640 g/mol. The topological polar surface area (TPSA) is 238 Å². The zero-order valence-corrected chi connectivity index (χ0v) is 26.9. The van der Waals surface area contributed by atoms with E-state index in [0.29, 0.717) is 0 Å². The highest BCUT2D eigenvalue weighted by molar-refractivity contribution is 5.70. The molecule has 2 saturated heterocycles. The van der Waals surface area contributed by atoms with Crippen molar-refractivity contribution in [3.63, 3.8) is 0 Å². The molecule has 0 unspecified atom stereocenters. The maximum absolute atomic E-state index is 12.1. The summed E-state index contributed by atoms with van der Waals surface area (Å²) in [6.45, 7) is 7.25. The van der Waals surface area contributed by atoms with Gasteiger partial charge in [0.15, 0.2) is 24.4 Å². The molecule has 0 aromatic carbocycles. The van der Waals surface area contributed by atoms with E-state index >= 15 is 0 Å². The quantitative estimate of drug-likeness (QED) is 0.181. The maximum atomic E-state index is 12.1. The molecule has 19 nitrogen and oxygen atoms in total. The summed E-state index contributed by atoms with van der Waals surface area (Å²) in [5.41, 5.74) is 0. The number of carbonyl (C=O) groups is 8. The third-order valence-corrected chi connectivity index (χ3v) is 6.12. The second-order valence-corrected chi connectivity index (χ2v) is 10.3. The average Bonchev–Trinajstić information content (AvgIpc) is 2.89. The molecule has 0 aromatic rings. The molecule has 264 valence electrons. The maximum Gasteiger partial charge on any atom is 0.305 e. The molecule has 10 atom stereocenters. The first kappa shape index (κ1) is 38.8. The van der Waals surface area contributed by atoms with E-state index < -0.39 is 122 Å². The summed E-state index contributed by atoms with van der Waals surface area (Å²) in [5.74, 6) is -6.93. The van der Waals surface area contributed by atoms with Gasteiger partial charge in [-0.15, -0.1) is 0 Å². The van der Waals surface area contributed by atoms with E-state index in [2.05, 4.69) is 0 Å². The highest BCUT2D eigenvalue weighted by atomic mass is 16.8. The lowest BCUT2D eigenvalue weighted by atomic mass is 9.97. The fraction of sp³-hybridized carbons (Fsp3) is 0.714. The molecule has 0 radical (unpaired) electrons. The molecular formula is C28H38O19. The third-order valence-electron chi connectivity index (χ3n) is 6.12. The first-order valence-corrected chi connectivity index (χ1v) is 14.2. The normalized spacial score (nSPS) is 30.0. The van der Waals surface area contributed by atoms with Crippen LogP contribution in [0.3, 0.4) is 0 Å². The minimum absolute atomic E-state index is 0.531. The van der Waals surface area contributed by atoms with Crippen molar-refractivity contribution in [1.29, 1.82) is 0 Å². The van der Waals surface area contributed by atoms with Gasteiger partial charge in [-0.25, -0.2) is 0 Å². The molecule has 0 bridgehead atoms. The van der Waals surface area contributed by atoms with Gasteiger partial charge in [-0.05, 0) is 0 Å². The van der Waals surface area contributed by atoms with E-state index in [1.807, 2.05) is 0 Å².